The summed E-state index contributed by atoms with van der Waals surface area (Å²) in [6.07, 6.45) is 2.60. The molecule has 1 amide bonds. The van der Waals surface area contributed by atoms with Crippen molar-refractivity contribution in [2.45, 2.75) is 0 Å². The van der Waals surface area contributed by atoms with Crippen LogP contribution in [0, 0.1) is 3.57 Å². The molecule has 1 N–H and O–H groups in total. The highest BCUT2D eigenvalue weighted by Gasteiger charge is 2.06. The van der Waals surface area contributed by atoms with Gasteiger partial charge in [0.1, 0.15) is 0 Å². The van der Waals surface area contributed by atoms with Crippen LogP contribution in [0.3, 0.4) is 0 Å². The number of aldehydes is 1. The van der Waals surface area contributed by atoms with Crippen molar-refractivity contribution in [3.8, 4) is 0 Å². The Morgan fingerprint density at radius 3 is 2.93 bits per heavy atom. The summed E-state index contributed by atoms with van der Waals surface area (Å²) in [5, 5.41) is 2.70. The normalized spacial score (nSPS) is 9.73. The smallest absolute Gasteiger partial charge is 0.234 e. The van der Waals surface area contributed by atoms with Gasteiger partial charge in [0.25, 0.3) is 0 Å². The summed E-state index contributed by atoms with van der Waals surface area (Å²) in [5.41, 5.74) is 1.08. The lowest BCUT2D eigenvalue weighted by Gasteiger charge is -2.06. The fourth-order valence-electron chi connectivity index (χ4n) is 1.06. The molecule has 1 aromatic rings. The van der Waals surface area contributed by atoms with Gasteiger partial charge in [0.05, 0.1) is 11.4 Å². The molecule has 0 fully saturated rings. The van der Waals surface area contributed by atoms with E-state index in [9.17, 15) is 9.59 Å². The quantitative estimate of drug-likeness (QED) is 0.679. The number of halogens is 1. The minimum Gasteiger partial charge on any atom is -0.325 e. The summed E-state index contributed by atoms with van der Waals surface area (Å²) in [7, 11) is 0. The highest BCUT2D eigenvalue weighted by Crippen LogP contribution is 2.17. The van der Waals surface area contributed by atoms with Crippen LogP contribution in [-0.2, 0) is 4.79 Å². The Morgan fingerprint density at radius 1 is 1.60 bits per heavy atom. The highest BCUT2D eigenvalue weighted by atomic mass is 127. The molecule has 0 aromatic heterocycles. The molecule has 0 heterocycles. The van der Waals surface area contributed by atoms with Gasteiger partial charge >= 0.3 is 0 Å². The number of carbonyl (C=O) groups is 2. The fraction of sp³-hybridized carbons (Fsp3) is 0.200. The van der Waals surface area contributed by atoms with Gasteiger partial charge in [-0.1, -0.05) is 0 Å². The maximum atomic E-state index is 11.3. The van der Waals surface area contributed by atoms with E-state index in [0.717, 1.165) is 9.86 Å². The van der Waals surface area contributed by atoms with Gasteiger partial charge in [-0.3, -0.25) is 9.59 Å². The largest absolute Gasteiger partial charge is 0.325 e. The van der Waals surface area contributed by atoms with Gasteiger partial charge < -0.3 is 5.32 Å². The number of carbonyl (C=O) groups excluding carboxylic acids is 2. The second-order valence-corrected chi connectivity index (χ2v) is 4.94. The molecule has 1 rings (SSSR count). The molecule has 0 bridgehead atoms. The summed E-state index contributed by atoms with van der Waals surface area (Å²) < 4.78 is 0.970. The number of thioether (sulfide) groups is 1. The molecular weight excluding hydrogens is 325 g/mol. The first-order chi connectivity index (χ1) is 7.17. The molecule has 0 aliphatic heterocycles. The Morgan fingerprint density at radius 2 is 2.33 bits per heavy atom. The van der Waals surface area contributed by atoms with Gasteiger partial charge in [-0.25, -0.2) is 0 Å². The lowest BCUT2D eigenvalue weighted by molar-refractivity contribution is -0.113. The van der Waals surface area contributed by atoms with E-state index in [-0.39, 0.29) is 5.91 Å². The highest BCUT2D eigenvalue weighted by molar-refractivity contribution is 14.1. The third-order valence-corrected chi connectivity index (χ3v) is 2.91. The van der Waals surface area contributed by atoms with Gasteiger partial charge in [-0.15, -0.1) is 0 Å². The Labute approximate surface area is 106 Å². The van der Waals surface area contributed by atoms with E-state index in [1.54, 1.807) is 12.1 Å². The van der Waals surface area contributed by atoms with E-state index >= 15 is 0 Å². The molecule has 0 aliphatic rings. The molecule has 80 valence electrons. The van der Waals surface area contributed by atoms with Crippen molar-refractivity contribution in [1.29, 1.82) is 0 Å². The number of benzene rings is 1. The van der Waals surface area contributed by atoms with Crippen molar-refractivity contribution < 1.29 is 9.59 Å². The van der Waals surface area contributed by atoms with Gasteiger partial charge in [-0.2, -0.15) is 11.8 Å². The molecular formula is C10H10INO2S. The first-order valence-electron chi connectivity index (χ1n) is 4.21. The SMILES string of the molecule is CSCC(=O)Nc1ccc(I)cc1C=O. The van der Waals surface area contributed by atoms with Crippen LogP contribution < -0.4 is 5.32 Å². The first kappa shape index (κ1) is 12.5. The average molecular weight is 335 g/mol. The van der Waals surface area contributed by atoms with Gasteiger partial charge in [-0.05, 0) is 47.0 Å². The number of nitrogens with one attached hydrogen (secondary N) is 1. The van der Waals surface area contributed by atoms with Gasteiger partial charge in [0.2, 0.25) is 5.91 Å². The zero-order valence-corrected chi connectivity index (χ0v) is 11.1. The van der Waals surface area contributed by atoms with Crippen molar-refractivity contribution in [3.05, 3.63) is 27.3 Å². The molecule has 0 saturated carbocycles. The van der Waals surface area contributed by atoms with Crippen LogP contribution in [0.1, 0.15) is 10.4 Å². The van der Waals surface area contributed by atoms with Crippen molar-refractivity contribution >= 4 is 52.2 Å². The summed E-state index contributed by atoms with van der Waals surface area (Å²) in [6, 6.07) is 5.33. The minimum atomic E-state index is -0.0909. The zero-order valence-electron chi connectivity index (χ0n) is 8.12. The number of amides is 1. The molecule has 0 saturated heterocycles. The fourth-order valence-corrected chi connectivity index (χ4v) is 1.91. The Balaban J connectivity index is 2.84. The van der Waals surface area contributed by atoms with E-state index in [0.29, 0.717) is 17.0 Å². The predicted octanol–water partition coefficient (Wildman–Crippen LogP) is 2.41. The molecule has 5 heteroatoms. The standard InChI is InChI=1S/C10H10INO2S/c1-15-6-10(14)12-9-3-2-8(11)4-7(9)5-13/h2-5H,6H2,1H3,(H,12,14). The molecule has 0 radical (unpaired) electrons. The van der Waals surface area contributed by atoms with E-state index < -0.39 is 0 Å². The lowest BCUT2D eigenvalue weighted by atomic mass is 10.2. The number of hydrogen-bond donors (Lipinski definition) is 1. The molecule has 0 unspecified atom stereocenters. The maximum absolute atomic E-state index is 11.3. The van der Waals surface area contributed by atoms with Crippen LogP contribution in [0.15, 0.2) is 18.2 Å². The first-order valence-corrected chi connectivity index (χ1v) is 6.68. The average Bonchev–Trinajstić information content (AvgIpc) is 2.21. The second-order valence-electron chi connectivity index (χ2n) is 2.83. The summed E-state index contributed by atoms with van der Waals surface area (Å²) in [5.74, 6) is 0.302. The zero-order chi connectivity index (χ0) is 11.3. The number of anilines is 1. The minimum absolute atomic E-state index is 0.0909. The molecule has 0 aliphatic carbocycles. The van der Waals surface area contributed by atoms with Crippen molar-refractivity contribution in [1.82, 2.24) is 0 Å². The van der Waals surface area contributed by atoms with Crippen molar-refractivity contribution in [2.24, 2.45) is 0 Å². The topological polar surface area (TPSA) is 46.2 Å². The Hall–Kier alpha value is -0.560. The summed E-state index contributed by atoms with van der Waals surface area (Å²) in [4.78, 5) is 22.1. The van der Waals surface area contributed by atoms with Crippen LogP contribution in [0.25, 0.3) is 0 Å². The Kier molecular flexibility index (Phi) is 5.10. The second kappa shape index (κ2) is 6.12. The van der Waals surface area contributed by atoms with E-state index in [1.807, 2.05) is 12.3 Å². The van der Waals surface area contributed by atoms with E-state index in [4.69, 9.17) is 0 Å². The van der Waals surface area contributed by atoms with E-state index in [2.05, 4.69) is 27.9 Å². The van der Waals surface area contributed by atoms with E-state index in [1.165, 1.54) is 11.8 Å². The van der Waals surface area contributed by atoms with Gasteiger partial charge in [0.15, 0.2) is 6.29 Å². The third-order valence-electron chi connectivity index (χ3n) is 1.69. The molecule has 0 spiro atoms. The lowest BCUT2D eigenvalue weighted by Crippen LogP contribution is -2.15. The monoisotopic (exact) mass is 335 g/mol. The van der Waals surface area contributed by atoms with Crippen LogP contribution in [-0.4, -0.2) is 24.2 Å². The summed E-state index contributed by atoms with van der Waals surface area (Å²) >= 11 is 3.56. The third kappa shape index (κ3) is 3.83. The van der Waals surface area contributed by atoms with Crippen molar-refractivity contribution in [3.63, 3.8) is 0 Å². The molecule has 1 aromatic carbocycles. The summed E-state index contributed by atoms with van der Waals surface area (Å²) in [6.45, 7) is 0. The molecule has 15 heavy (non-hydrogen) atoms. The molecule has 0 atom stereocenters. The van der Waals surface area contributed by atoms with Crippen LogP contribution in [0.4, 0.5) is 5.69 Å². The van der Waals surface area contributed by atoms with Crippen molar-refractivity contribution in [2.75, 3.05) is 17.3 Å². The number of rotatable bonds is 4. The molecule has 3 nitrogen and oxygen atoms in total. The van der Waals surface area contributed by atoms with Crippen LogP contribution >= 0.6 is 34.4 Å². The Bertz CT molecular complexity index is 382. The maximum Gasteiger partial charge on any atom is 0.234 e. The number of hydrogen-bond acceptors (Lipinski definition) is 3. The van der Waals surface area contributed by atoms with Gasteiger partial charge in [0, 0.05) is 9.13 Å². The van der Waals surface area contributed by atoms with Crippen LogP contribution in [0.5, 0.6) is 0 Å². The predicted molar refractivity (Wildman–Crippen MR) is 71.6 cm³/mol. The van der Waals surface area contributed by atoms with Crippen LogP contribution in [0.2, 0.25) is 0 Å².